The van der Waals surface area contributed by atoms with Crippen LogP contribution in [0, 0.1) is 5.92 Å². The van der Waals surface area contributed by atoms with E-state index in [-0.39, 0.29) is 23.9 Å². The number of aliphatic imine (C=N–C) groups is 1. The van der Waals surface area contributed by atoms with Crippen molar-refractivity contribution in [2.45, 2.75) is 51.7 Å². The minimum Gasteiger partial charge on any atom is -0.490 e. The molecule has 0 bridgehead atoms. The van der Waals surface area contributed by atoms with Crippen LogP contribution in [0.5, 0.6) is 5.75 Å². The maximum atomic E-state index is 13.3. The van der Waals surface area contributed by atoms with Crippen molar-refractivity contribution in [2.24, 2.45) is 16.6 Å². The zero-order chi connectivity index (χ0) is 25.5. The molecule has 3 aromatic rings. The van der Waals surface area contributed by atoms with Crippen molar-refractivity contribution in [3.05, 3.63) is 40.0 Å². The number of nitrogens with two attached hydrogens (primary N) is 1. The predicted molar refractivity (Wildman–Crippen MR) is 145 cm³/mol. The summed E-state index contributed by atoms with van der Waals surface area (Å²) in [5.74, 6) is 1.75. The lowest BCUT2D eigenvalue weighted by Crippen LogP contribution is -2.50. The molecule has 0 radical (unpaired) electrons. The van der Waals surface area contributed by atoms with Crippen molar-refractivity contribution in [2.75, 3.05) is 31.7 Å². The second-order valence-electron chi connectivity index (χ2n) is 10.2. The van der Waals surface area contributed by atoms with Crippen molar-refractivity contribution in [1.29, 1.82) is 0 Å². The topological polar surface area (TPSA) is 115 Å². The van der Waals surface area contributed by atoms with E-state index in [9.17, 15) is 4.79 Å². The first kappa shape index (κ1) is 24.3. The molecule has 3 aliphatic rings. The third-order valence-electron chi connectivity index (χ3n) is 7.33. The number of thiophene rings is 1. The number of hydrogen-bond acceptors (Lipinski definition) is 9. The summed E-state index contributed by atoms with van der Waals surface area (Å²) in [6.07, 6.45) is 5.90. The van der Waals surface area contributed by atoms with Crippen LogP contribution in [0.3, 0.4) is 0 Å². The van der Waals surface area contributed by atoms with Gasteiger partial charge in [0.15, 0.2) is 0 Å². The molecule has 2 aliphatic heterocycles. The van der Waals surface area contributed by atoms with Crippen LogP contribution >= 0.6 is 11.3 Å². The number of aryl methyl sites for hydroxylation is 1. The highest BCUT2D eigenvalue weighted by molar-refractivity contribution is 7.19. The summed E-state index contributed by atoms with van der Waals surface area (Å²) >= 11 is 1.68. The molecule has 4 heterocycles. The van der Waals surface area contributed by atoms with Gasteiger partial charge in [0.2, 0.25) is 5.91 Å². The van der Waals surface area contributed by atoms with Crippen molar-refractivity contribution < 1.29 is 14.3 Å². The van der Waals surface area contributed by atoms with Crippen LogP contribution in [0.4, 0.5) is 11.5 Å². The van der Waals surface area contributed by atoms with Gasteiger partial charge in [-0.15, -0.1) is 11.3 Å². The third kappa shape index (κ3) is 4.69. The van der Waals surface area contributed by atoms with E-state index < -0.39 is 0 Å². The van der Waals surface area contributed by atoms with Crippen LogP contribution in [0.15, 0.2) is 23.5 Å². The molecule has 0 spiro atoms. The van der Waals surface area contributed by atoms with E-state index in [1.54, 1.807) is 17.7 Å². The Balaban J connectivity index is 1.30. The lowest BCUT2D eigenvalue weighted by atomic mass is 9.86. The fourth-order valence-corrected chi connectivity index (χ4v) is 6.68. The summed E-state index contributed by atoms with van der Waals surface area (Å²) in [5.41, 5.74) is 10.3. The lowest BCUT2D eigenvalue weighted by Gasteiger charge is -2.36. The van der Waals surface area contributed by atoms with Gasteiger partial charge in [-0.1, -0.05) is 0 Å². The average molecular weight is 521 g/mol. The zero-order valence-electron chi connectivity index (χ0n) is 21.2. The van der Waals surface area contributed by atoms with E-state index in [0.717, 1.165) is 57.9 Å². The molecule has 1 fully saturated rings. The smallest absolute Gasteiger partial charge is 0.226 e. The van der Waals surface area contributed by atoms with Gasteiger partial charge in [-0.25, -0.2) is 9.97 Å². The SMILES string of the molecule is C[C@@H]1COCCN1C(=O)[C@H]1CCc2c(sc3ncnc(Nc4cc5c(cc4OC[C@@H](C)N)CN=C5)c23)C1. The highest BCUT2D eigenvalue weighted by atomic mass is 32.1. The quantitative estimate of drug-likeness (QED) is 0.512. The molecule has 0 unspecified atom stereocenters. The molecule has 1 aromatic carbocycles. The van der Waals surface area contributed by atoms with Crippen LogP contribution in [-0.4, -0.2) is 65.4 Å². The van der Waals surface area contributed by atoms with Crippen LogP contribution in [0.25, 0.3) is 10.2 Å². The van der Waals surface area contributed by atoms with E-state index in [1.165, 1.54) is 10.4 Å². The van der Waals surface area contributed by atoms with Crippen molar-refractivity contribution in [1.82, 2.24) is 14.9 Å². The van der Waals surface area contributed by atoms with Gasteiger partial charge in [0.1, 0.15) is 29.3 Å². The minimum absolute atomic E-state index is 0.000246. The Bertz CT molecular complexity index is 1370. The molecule has 6 rings (SSSR count). The highest BCUT2D eigenvalue weighted by Gasteiger charge is 2.34. The van der Waals surface area contributed by atoms with Crippen molar-refractivity contribution in [3.63, 3.8) is 0 Å². The van der Waals surface area contributed by atoms with Gasteiger partial charge in [0, 0.05) is 29.6 Å². The summed E-state index contributed by atoms with van der Waals surface area (Å²) in [7, 11) is 0. The van der Waals surface area contributed by atoms with Gasteiger partial charge in [0.25, 0.3) is 0 Å². The number of nitrogens with one attached hydrogen (secondary N) is 1. The summed E-state index contributed by atoms with van der Waals surface area (Å²) in [6.45, 7) is 6.96. The maximum Gasteiger partial charge on any atom is 0.226 e. The van der Waals surface area contributed by atoms with Gasteiger partial charge in [-0.2, -0.15) is 0 Å². The summed E-state index contributed by atoms with van der Waals surface area (Å²) in [5, 5.41) is 4.58. The molecule has 0 saturated carbocycles. The third-order valence-corrected chi connectivity index (χ3v) is 8.50. The van der Waals surface area contributed by atoms with Gasteiger partial charge in [-0.05, 0) is 61.9 Å². The van der Waals surface area contributed by atoms with Gasteiger partial charge >= 0.3 is 0 Å². The zero-order valence-corrected chi connectivity index (χ0v) is 22.0. The number of nitrogens with zero attached hydrogens (tertiary/aromatic N) is 4. The minimum atomic E-state index is -0.0805. The maximum absolute atomic E-state index is 13.3. The standard InChI is InChI=1S/C27H32N6O3S/c1-15(28)12-36-22-8-19-11-29-10-18(19)7-21(22)32-25-24-20-4-3-17(9-23(20)37-26(24)31-14-30-25)27(34)33-5-6-35-13-16(33)2/h7-8,10,14-17H,3-6,9,11-13,28H2,1-2H3,(H,30,31,32)/t15-,16-,17+/m1/s1. The second-order valence-corrected chi connectivity index (χ2v) is 11.3. The number of fused-ring (bicyclic) bond motifs is 4. The van der Waals surface area contributed by atoms with Crippen molar-refractivity contribution in [3.8, 4) is 5.75 Å². The van der Waals surface area contributed by atoms with E-state index in [4.69, 9.17) is 15.2 Å². The first-order valence-electron chi connectivity index (χ1n) is 12.9. The first-order valence-corrected chi connectivity index (χ1v) is 13.7. The number of carbonyl (C=O) groups excluding carboxylic acids is 1. The van der Waals surface area contributed by atoms with Crippen LogP contribution < -0.4 is 15.8 Å². The molecule has 3 N–H and O–H groups in total. The molecule has 1 aliphatic carbocycles. The number of hydrogen-bond donors (Lipinski definition) is 2. The Morgan fingerprint density at radius 1 is 1.38 bits per heavy atom. The van der Waals surface area contributed by atoms with Crippen LogP contribution in [0.1, 0.15) is 41.8 Å². The van der Waals surface area contributed by atoms with Gasteiger partial charge < -0.3 is 25.4 Å². The monoisotopic (exact) mass is 520 g/mol. The molecular formula is C27H32N6O3S. The molecule has 194 valence electrons. The predicted octanol–water partition coefficient (Wildman–Crippen LogP) is 3.45. The summed E-state index contributed by atoms with van der Waals surface area (Å²) in [6, 6.07) is 4.15. The number of carbonyl (C=O) groups is 1. The lowest BCUT2D eigenvalue weighted by molar-refractivity contribution is -0.143. The van der Waals surface area contributed by atoms with Crippen LogP contribution in [-0.2, 0) is 28.9 Å². The highest BCUT2D eigenvalue weighted by Crippen LogP contribution is 2.42. The molecule has 1 amide bonds. The second kappa shape index (κ2) is 10.00. The molecule has 9 nitrogen and oxygen atoms in total. The molecule has 10 heteroatoms. The van der Waals surface area contributed by atoms with E-state index in [0.29, 0.717) is 32.9 Å². The average Bonchev–Trinajstić information content (AvgIpc) is 3.51. The fraction of sp³-hybridized carbons (Fsp3) is 0.481. The molecule has 37 heavy (non-hydrogen) atoms. The number of morpholine rings is 1. The van der Waals surface area contributed by atoms with Gasteiger partial charge in [0.05, 0.1) is 36.9 Å². The summed E-state index contributed by atoms with van der Waals surface area (Å²) < 4.78 is 11.6. The van der Waals surface area contributed by atoms with Gasteiger partial charge in [-0.3, -0.25) is 9.79 Å². The fourth-order valence-electron chi connectivity index (χ4n) is 5.41. The Morgan fingerprint density at radius 3 is 3.11 bits per heavy atom. The number of aromatic nitrogens is 2. The van der Waals surface area contributed by atoms with Crippen molar-refractivity contribution >= 4 is 45.2 Å². The number of amides is 1. The Morgan fingerprint density at radius 2 is 2.27 bits per heavy atom. The molecular weight excluding hydrogens is 488 g/mol. The Labute approximate surface area is 220 Å². The Kier molecular flexibility index (Phi) is 6.56. The number of rotatable bonds is 6. The Hall–Kier alpha value is -3.08. The van der Waals surface area contributed by atoms with E-state index in [2.05, 4.69) is 33.3 Å². The molecule has 1 saturated heterocycles. The number of ether oxygens (including phenoxy) is 2. The number of benzene rings is 1. The summed E-state index contributed by atoms with van der Waals surface area (Å²) in [4.78, 5) is 31.1. The largest absolute Gasteiger partial charge is 0.490 e. The van der Waals surface area contributed by atoms with Crippen LogP contribution in [0.2, 0.25) is 0 Å². The molecule has 2 aromatic heterocycles. The van der Waals surface area contributed by atoms with E-state index >= 15 is 0 Å². The molecule has 3 atom stereocenters. The number of anilines is 2. The van der Waals surface area contributed by atoms with E-state index in [1.807, 2.05) is 24.1 Å². The normalized spacial score (nSPS) is 21.5. The first-order chi connectivity index (χ1) is 18.0.